The minimum Gasteiger partial charge on any atom is -0.456 e. The van der Waals surface area contributed by atoms with Crippen molar-refractivity contribution >= 4 is 39.5 Å². The second-order valence-corrected chi connectivity index (χ2v) is 6.93. The van der Waals surface area contributed by atoms with Gasteiger partial charge in [-0.1, -0.05) is 18.2 Å². The van der Waals surface area contributed by atoms with E-state index in [1.807, 2.05) is 30.3 Å². The van der Waals surface area contributed by atoms with Gasteiger partial charge in [-0.25, -0.2) is 4.79 Å². The Hall–Kier alpha value is -3.05. The highest BCUT2D eigenvalue weighted by Gasteiger charge is 2.18. The van der Waals surface area contributed by atoms with Crippen LogP contribution in [0.4, 0.5) is 0 Å². The van der Waals surface area contributed by atoms with Gasteiger partial charge in [0.15, 0.2) is 0 Å². The fraction of sp³-hybridized carbons (Fsp3) is 0.143. The summed E-state index contributed by atoms with van der Waals surface area (Å²) >= 11 is 5.79. The Bertz CT molecular complexity index is 1200. The molecular formula is C21H15ClO5. The number of esters is 1. The molecule has 136 valence electrons. The standard InChI is InChI=1S/C21H15ClO5/c1-11-7-18-14(9-17(11)27-21(24)12(2)22)15(10-20(23)26-18)19-8-13-5-3-4-6-16(13)25-19/h3-10,12H,1-2H3. The summed E-state index contributed by atoms with van der Waals surface area (Å²) in [7, 11) is 0. The maximum Gasteiger partial charge on any atom is 0.336 e. The molecule has 2 heterocycles. The van der Waals surface area contributed by atoms with E-state index in [9.17, 15) is 9.59 Å². The van der Waals surface area contributed by atoms with Crippen LogP contribution in [-0.4, -0.2) is 11.3 Å². The first-order valence-electron chi connectivity index (χ1n) is 8.35. The summed E-state index contributed by atoms with van der Waals surface area (Å²) in [5.74, 6) is 0.328. The van der Waals surface area contributed by atoms with Crippen LogP contribution in [0.15, 0.2) is 62.2 Å². The molecule has 0 aliphatic carbocycles. The van der Waals surface area contributed by atoms with Crippen LogP contribution >= 0.6 is 11.6 Å². The molecule has 6 heteroatoms. The summed E-state index contributed by atoms with van der Waals surface area (Å²) in [6.07, 6.45) is 0. The third-order valence-corrected chi connectivity index (χ3v) is 4.44. The molecule has 0 aliphatic heterocycles. The van der Waals surface area contributed by atoms with Gasteiger partial charge in [0, 0.05) is 22.4 Å². The number of carbonyl (C=O) groups is 1. The number of furan rings is 1. The first-order chi connectivity index (χ1) is 12.9. The molecule has 0 fully saturated rings. The van der Waals surface area contributed by atoms with E-state index in [1.165, 1.54) is 6.07 Å². The van der Waals surface area contributed by atoms with E-state index >= 15 is 0 Å². The summed E-state index contributed by atoms with van der Waals surface area (Å²) in [6.45, 7) is 3.30. The maximum absolute atomic E-state index is 12.0. The van der Waals surface area contributed by atoms with Crippen molar-refractivity contribution < 1.29 is 18.4 Å². The SMILES string of the molecule is Cc1cc2oc(=O)cc(-c3cc4ccccc4o3)c2cc1OC(=O)C(C)Cl. The molecule has 0 saturated carbocycles. The number of rotatable bonds is 3. The lowest BCUT2D eigenvalue weighted by molar-refractivity contribution is -0.133. The predicted octanol–water partition coefficient (Wildman–Crippen LogP) is 5.05. The van der Waals surface area contributed by atoms with Gasteiger partial charge < -0.3 is 13.6 Å². The van der Waals surface area contributed by atoms with Crippen LogP contribution in [0.1, 0.15) is 12.5 Å². The number of para-hydroxylation sites is 1. The molecule has 0 radical (unpaired) electrons. The third kappa shape index (κ3) is 3.22. The number of aryl methyl sites for hydroxylation is 1. The zero-order chi connectivity index (χ0) is 19.1. The van der Waals surface area contributed by atoms with Crippen LogP contribution in [0, 0.1) is 6.92 Å². The van der Waals surface area contributed by atoms with E-state index < -0.39 is 17.0 Å². The number of halogens is 1. The van der Waals surface area contributed by atoms with Crippen LogP contribution in [0.3, 0.4) is 0 Å². The highest BCUT2D eigenvalue weighted by Crippen LogP contribution is 2.35. The lowest BCUT2D eigenvalue weighted by Crippen LogP contribution is -2.18. The summed E-state index contributed by atoms with van der Waals surface area (Å²) in [5, 5.41) is 0.747. The molecule has 2 aromatic heterocycles. The Morgan fingerprint density at radius 2 is 1.85 bits per heavy atom. The van der Waals surface area contributed by atoms with Crippen molar-refractivity contribution in [1.82, 2.24) is 0 Å². The first-order valence-corrected chi connectivity index (χ1v) is 8.79. The van der Waals surface area contributed by atoms with Crippen LogP contribution in [0.25, 0.3) is 33.3 Å². The fourth-order valence-corrected chi connectivity index (χ4v) is 2.95. The summed E-state index contributed by atoms with van der Waals surface area (Å²) in [5.41, 5.74) is 1.82. The minimum atomic E-state index is -0.774. The van der Waals surface area contributed by atoms with E-state index in [2.05, 4.69) is 0 Å². The van der Waals surface area contributed by atoms with Gasteiger partial charge in [-0.15, -0.1) is 11.6 Å². The molecule has 1 unspecified atom stereocenters. The molecule has 0 aliphatic rings. The number of benzene rings is 2. The Labute approximate surface area is 159 Å². The van der Waals surface area contributed by atoms with Gasteiger partial charge in [0.2, 0.25) is 0 Å². The van der Waals surface area contributed by atoms with Crippen molar-refractivity contribution in [3.63, 3.8) is 0 Å². The van der Waals surface area contributed by atoms with Crippen LogP contribution in [0.2, 0.25) is 0 Å². The summed E-state index contributed by atoms with van der Waals surface area (Å²) in [4.78, 5) is 23.9. The van der Waals surface area contributed by atoms with E-state index in [0.29, 0.717) is 39.2 Å². The molecule has 0 amide bonds. The zero-order valence-electron chi connectivity index (χ0n) is 14.6. The summed E-state index contributed by atoms with van der Waals surface area (Å²) < 4.78 is 16.6. The Balaban J connectivity index is 1.93. The van der Waals surface area contributed by atoms with Gasteiger partial charge in [0.05, 0.1) is 0 Å². The van der Waals surface area contributed by atoms with Crippen LogP contribution in [0.5, 0.6) is 5.75 Å². The second kappa shape index (κ2) is 6.59. The van der Waals surface area contributed by atoms with Crippen molar-refractivity contribution in [3.8, 4) is 17.1 Å². The molecule has 2 aromatic carbocycles. The Morgan fingerprint density at radius 3 is 2.59 bits per heavy atom. The van der Waals surface area contributed by atoms with Crippen molar-refractivity contribution in [3.05, 3.63) is 64.5 Å². The van der Waals surface area contributed by atoms with Gasteiger partial charge in [-0.2, -0.15) is 0 Å². The van der Waals surface area contributed by atoms with Gasteiger partial charge in [-0.3, -0.25) is 4.79 Å². The van der Waals surface area contributed by atoms with Crippen LogP contribution < -0.4 is 10.4 Å². The minimum absolute atomic E-state index is 0.353. The van der Waals surface area contributed by atoms with E-state index in [-0.39, 0.29) is 0 Å². The number of fused-ring (bicyclic) bond motifs is 2. The average Bonchev–Trinajstić information content (AvgIpc) is 3.05. The van der Waals surface area contributed by atoms with Gasteiger partial charge in [-0.05, 0) is 43.7 Å². The number of carbonyl (C=O) groups excluding carboxylic acids is 1. The number of alkyl halides is 1. The topological polar surface area (TPSA) is 69.7 Å². The van der Waals surface area contributed by atoms with Gasteiger partial charge in [0.25, 0.3) is 0 Å². The molecule has 4 rings (SSSR count). The number of ether oxygens (including phenoxy) is 1. The molecule has 0 saturated heterocycles. The van der Waals surface area contributed by atoms with Gasteiger partial charge in [0.1, 0.15) is 28.1 Å². The highest BCUT2D eigenvalue weighted by atomic mass is 35.5. The Morgan fingerprint density at radius 1 is 1.07 bits per heavy atom. The second-order valence-electron chi connectivity index (χ2n) is 6.28. The molecular weight excluding hydrogens is 368 g/mol. The normalized spacial score (nSPS) is 12.4. The highest BCUT2D eigenvalue weighted by molar-refractivity contribution is 6.29. The summed E-state index contributed by atoms with van der Waals surface area (Å²) in [6, 6.07) is 14.1. The largest absolute Gasteiger partial charge is 0.456 e. The van der Waals surface area contributed by atoms with Gasteiger partial charge >= 0.3 is 11.6 Å². The van der Waals surface area contributed by atoms with Crippen LogP contribution in [-0.2, 0) is 4.79 Å². The molecule has 0 bridgehead atoms. The fourth-order valence-electron chi connectivity index (χ4n) is 2.91. The van der Waals surface area contributed by atoms with Crippen molar-refractivity contribution in [1.29, 1.82) is 0 Å². The lowest BCUT2D eigenvalue weighted by atomic mass is 10.0. The maximum atomic E-state index is 12.0. The third-order valence-electron chi connectivity index (χ3n) is 4.27. The smallest absolute Gasteiger partial charge is 0.336 e. The lowest BCUT2D eigenvalue weighted by Gasteiger charge is -2.11. The van der Waals surface area contributed by atoms with E-state index in [0.717, 1.165) is 5.39 Å². The van der Waals surface area contributed by atoms with Crippen molar-refractivity contribution in [2.75, 3.05) is 0 Å². The number of hydrogen-bond donors (Lipinski definition) is 0. The molecule has 4 aromatic rings. The molecule has 27 heavy (non-hydrogen) atoms. The van der Waals surface area contributed by atoms with Crippen molar-refractivity contribution in [2.24, 2.45) is 0 Å². The molecule has 0 N–H and O–H groups in total. The van der Waals surface area contributed by atoms with E-state index in [1.54, 1.807) is 26.0 Å². The number of hydrogen-bond acceptors (Lipinski definition) is 5. The zero-order valence-corrected chi connectivity index (χ0v) is 15.4. The van der Waals surface area contributed by atoms with Crippen molar-refractivity contribution in [2.45, 2.75) is 19.2 Å². The predicted molar refractivity (Wildman–Crippen MR) is 103 cm³/mol. The first kappa shape index (κ1) is 17.4. The quantitative estimate of drug-likeness (QED) is 0.215. The van der Waals surface area contributed by atoms with E-state index in [4.69, 9.17) is 25.2 Å². The monoisotopic (exact) mass is 382 g/mol. The average molecular weight is 383 g/mol. The Kier molecular flexibility index (Phi) is 4.24. The molecule has 1 atom stereocenters. The molecule has 0 spiro atoms. The molecule has 5 nitrogen and oxygen atoms in total.